The van der Waals surface area contributed by atoms with Crippen LogP contribution < -0.4 is 5.32 Å². The van der Waals surface area contributed by atoms with Gasteiger partial charge in [0.25, 0.3) is 0 Å². The van der Waals surface area contributed by atoms with E-state index in [-0.39, 0.29) is 5.97 Å². The second-order valence-corrected chi connectivity index (χ2v) is 5.10. The second-order valence-electron chi connectivity index (χ2n) is 4.71. The lowest BCUT2D eigenvalue weighted by Crippen LogP contribution is -2.37. The molecule has 0 fully saturated rings. The van der Waals surface area contributed by atoms with Crippen LogP contribution >= 0.6 is 12.2 Å². The highest BCUT2D eigenvalue weighted by Gasteiger charge is 2.11. The van der Waals surface area contributed by atoms with Gasteiger partial charge in [-0.15, -0.1) is 0 Å². The number of nitrogens with zero attached hydrogens (tertiary/aromatic N) is 1. The molecule has 0 unspecified atom stereocenters. The molecule has 22 heavy (non-hydrogen) atoms. The van der Waals surface area contributed by atoms with Gasteiger partial charge < -0.3 is 19.7 Å². The van der Waals surface area contributed by atoms with Crippen LogP contribution in [0.4, 0.5) is 5.69 Å². The third-order valence-corrected chi connectivity index (χ3v) is 3.33. The van der Waals surface area contributed by atoms with Gasteiger partial charge in [0, 0.05) is 25.9 Å². The van der Waals surface area contributed by atoms with E-state index in [1.54, 1.807) is 32.2 Å². The fourth-order valence-corrected chi connectivity index (χ4v) is 2.23. The van der Waals surface area contributed by atoms with Crippen molar-refractivity contribution >= 4 is 29.0 Å². The number of hydrogen-bond acceptors (Lipinski definition) is 4. The Hall–Kier alpha value is -1.66. The Morgan fingerprint density at radius 3 is 2.73 bits per heavy atom. The van der Waals surface area contributed by atoms with Crippen LogP contribution in [0, 0.1) is 0 Å². The summed E-state index contributed by atoms with van der Waals surface area (Å²) in [5.74, 6) is -0.332. The van der Waals surface area contributed by atoms with Gasteiger partial charge in [0.1, 0.15) is 0 Å². The molecule has 1 rings (SSSR count). The summed E-state index contributed by atoms with van der Waals surface area (Å²) in [6.07, 6.45) is 0.994. The molecule has 0 bridgehead atoms. The Kier molecular flexibility index (Phi) is 8.47. The predicted molar refractivity (Wildman–Crippen MR) is 92.4 cm³/mol. The number of benzene rings is 1. The fraction of sp³-hybridized carbons (Fsp3) is 0.500. The summed E-state index contributed by atoms with van der Waals surface area (Å²) in [6.45, 7) is 6.44. The third-order valence-electron chi connectivity index (χ3n) is 2.97. The first kappa shape index (κ1) is 18.4. The van der Waals surface area contributed by atoms with E-state index < -0.39 is 0 Å². The number of carbonyl (C=O) groups excluding carboxylic acids is 1. The lowest BCUT2D eigenvalue weighted by molar-refractivity contribution is 0.0526. The number of methoxy groups -OCH3 is 1. The van der Waals surface area contributed by atoms with Crippen LogP contribution in [-0.4, -0.2) is 49.4 Å². The van der Waals surface area contributed by atoms with Crippen LogP contribution in [0.2, 0.25) is 0 Å². The van der Waals surface area contributed by atoms with Crippen molar-refractivity contribution in [1.29, 1.82) is 0 Å². The Morgan fingerprint density at radius 1 is 1.32 bits per heavy atom. The molecule has 0 saturated heterocycles. The molecule has 0 aliphatic heterocycles. The van der Waals surface area contributed by atoms with Crippen LogP contribution in [0.25, 0.3) is 0 Å². The molecule has 0 spiro atoms. The summed E-state index contributed by atoms with van der Waals surface area (Å²) in [5.41, 5.74) is 1.28. The van der Waals surface area contributed by atoms with Gasteiger partial charge in [0.15, 0.2) is 5.11 Å². The number of rotatable bonds is 8. The van der Waals surface area contributed by atoms with Crippen LogP contribution in [0.5, 0.6) is 0 Å². The zero-order valence-corrected chi connectivity index (χ0v) is 14.2. The molecule has 0 amide bonds. The van der Waals surface area contributed by atoms with Crippen LogP contribution in [0.1, 0.15) is 30.6 Å². The predicted octanol–water partition coefficient (Wildman–Crippen LogP) is 2.92. The molecule has 0 radical (unpaired) electrons. The molecule has 5 nitrogen and oxygen atoms in total. The molecular formula is C16H24N2O3S. The molecular weight excluding hydrogens is 300 g/mol. The van der Waals surface area contributed by atoms with E-state index in [0.29, 0.717) is 23.9 Å². The molecule has 1 N–H and O–H groups in total. The number of hydrogen-bond donors (Lipinski definition) is 1. The molecule has 1 aromatic carbocycles. The lowest BCUT2D eigenvalue weighted by atomic mass is 10.2. The van der Waals surface area contributed by atoms with Crippen LogP contribution in [-0.2, 0) is 9.47 Å². The first-order valence-corrected chi connectivity index (χ1v) is 7.85. The molecule has 6 heteroatoms. The van der Waals surface area contributed by atoms with Gasteiger partial charge in [0.05, 0.1) is 18.8 Å². The first-order chi connectivity index (χ1) is 10.6. The molecule has 0 saturated carbocycles. The van der Waals surface area contributed by atoms with E-state index >= 15 is 0 Å². The largest absolute Gasteiger partial charge is 0.462 e. The third kappa shape index (κ3) is 5.99. The van der Waals surface area contributed by atoms with Gasteiger partial charge in [-0.25, -0.2) is 4.79 Å². The SMILES string of the molecule is CCCN(CCOC)C(=S)Nc1cccc(C(=O)OCC)c1. The average Bonchev–Trinajstić information content (AvgIpc) is 2.51. The Labute approximate surface area is 137 Å². The maximum atomic E-state index is 11.8. The monoisotopic (exact) mass is 324 g/mol. The highest BCUT2D eigenvalue weighted by molar-refractivity contribution is 7.80. The van der Waals surface area contributed by atoms with E-state index in [0.717, 1.165) is 25.2 Å². The van der Waals surface area contributed by atoms with E-state index in [1.165, 1.54) is 0 Å². The highest BCUT2D eigenvalue weighted by atomic mass is 32.1. The second kappa shape index (κ2) is 10.1. The molecule has 0 aromatic heterocycles. The van der Waals surface area contributed by atoms with Crippen LogP contribution in [0.3, 0.4) is 0 Å². The van der Waals surface area contributed by atoms with Crippen molar-refractivity contribution in [3.05, 3.63) is 29.8 Å². The number of esters is 1. The summed E-state index contributed by atoms with van der Waals surface area (Å²) in [6, 6.07) is 7.14. The number of thiocarbonyl (C=S) groups is 1. The van der Waals surface area contributed by atoms with Gasteiger partial charge in [0.2, 0.25) is 0 Å². The van der Waals surface area contributed by atoms with E-state index in [2.05, 4.69) is 17.1 Å². The van der Waals surface area contributed by atoms with E-state index in [1.807, 2.05) is 6.07 Å². The number of carbonyl (C=O) groups is 1. The molecule has 0 aliphatic carbocycles. The van der Waals surface area contributed by atoms with Gasteiger partial charge in [-0.05, 0) is 43.8 Å². The molecule has 122 valence electrons. The van der Waals surface area contributed by atoms with Gasteiger partial charge in [-0.2, -0.15) is 0 Å². The maximum absolute atomic E-state index is 11.8. The minimum absolute atomic E-state index is 0.332. The number of anilines is 1. The van der Waals surface area contributed by atoms with Gasteiger partial charge >= 0.3 is 5.97 Å². The average molecular weight is 324 g/mol. The van der Waals surface area contributed by atoms with Crippen molar-refractivity contribution in [2.24, 2.45) is 0 Å². The summed E-state index contributed by atoms with van der Waals surface area (Å²) >= 11 is 5.44. The van der Waals surface area contributed by atoms with Crippen molar-refractivity contribution in [2.75, 3.05) is 38.7 Å². The quantitative estimate of drug-likeness (QED) is 0.586. The standard InChI is InChI=1S/C16H24N2O3S/c1-4-9-18(10-11-20-3)16(22)17-14-8-6-7-13(12-14)15(19)21-5-2/h6-8,12H,4-5,9-11H2,1-3H3,(H,17,22). The molecule has 0 aliphatic rings. The van der Waals surface area contributed by atoms with Crippen molar-refractivity contribution < 1.29 is 14.3 Å². The molecule has 1 aromatic rings. The topological polar surface area (TPSA) is 50.8 Å². The molecule has 0 heterocycles. The van der Waals surface area contributed by atoms with Crippen molar-refractivity contribution in [3.8, 4) is 0 Å². The van der Waals surface area contributed by atoms with Gasteiger partial charge in [-0.1, -0.05) is 13.0 Å². The number of nitrogens with one attached hydrogen (secondary N) is 1. The zero-order valence-electron chi connectivity index (χ0n) is 13.4. The van der Waals surface area contributed by atoms with Crippen LogP contribution in [0.15, 0.2) is 24.3 Å². The minimum Gasteiger partial charge on any atom is -0.462 e. The summed E-state index contributed by atoms with van der Waals surface area (Å²) < 4.78 is 10.1. The minimum atomic E-state index is -0.332. The van der Waals surface area contributed by atoms with Crippen molar-refractivity contribution in [1.82, 2.24) is 4.90 Å². The Morgan fingerprint density at radius 2 is 2.09 bits per heavy atom. The fourth-order valence-electron chi connectivity index (χ4n) is 1.93. The smallest absolute Gasteiger partial charge is 0.338 e. The highest BCUT2D eigenvalue weighted by Crippen LogP contribution is 2.13. The van der Waals surface area contributed by atoms with E-state index in [9.17, 15) is 4.79 Å². The molecule has 0 atom stereocenters. The van der Waals surface area contributed by atoms with Crippen molar-refractivity contribution in [2.45, 2.75) is 20.3 Å². The van der Waals surface area contributed by atoms with Crippen molar-refractivity contribution in [3.63, 3.8) is 0 Å². The first-order valence-electron chi connectivity index (χ1n) is 7.44. The Bertz CT molecular complexity index is 494. The zero-order chi connectivity index (χ0) is 16.4. The maximum Gasteiger partial charge on any atom is 0.338 e. The Balaban J connectivity index is 2.73. The van der Waals surface area contributed by atoms with Gasteiger partial charge in [-0.3, -0.25) is 0 Å². The van der Waals surface area contributed by atoms with E-state index in [4.69, 9.17) is 21.7 Å². The summed E-state index contributed by atoms with van der Waals surface area (Å²) in [5, 5.41) is 3.79. The summed E-state index contributed by atoms with van der Waals surface area (Å²) in [4.78, 5) is 13.8. The number of ether oxygens (including phenoxy) is 2. The normalized spacial score (nSPS) is 10.1. The lowest BCUT2D eigenvalue weighted by Gasteiger charge is -2.25. The summed E-state index contributed by atoms with van der Waals surface area (Å²) in [7, 11) is 1.67.